The third kappa shape index (κ3) is 3.47. The van der Waals surface area contributed by atoms with Crippen LogP contribution in [0, 0.1) is 0 Å². The fourth-order valence-electron chi connectivity index (χ4n) is 1.98. The van der Waals surface area contributed by atoms with Gasteiger partial charge in [-0.25, -0.2) is 0 Å². The molecule has 0 saturated heterocycles. The molecule has 104 valence electrons. The van der Waals surface area contributed by atoms with Crippen LogP contribution in [0.2, 0.25) is 0 Å². The van der Waals surface area contributed by atoms with Gasteiger partial charge in [-0.15, -0.1) is 0 Å². The number of carbonyl (C=O) groups is 1. The summed E-state index contributed by atoms with van der Waals surface area (Å²) in [5.41, 5.74) is 1.57. The Hall–Kier alpha value is -1.10. The largest absolute Gasteiger partial charge is 0.346 e. The van der Waals surface area contributed by atoms with Crippen LogP contribution in [0.25, 0.3) is 0 Å². The Morgan fingerprint density at radius 1 is 1.58 bits per heavy atom. The van der Waals surface area contributed by atoms with Crippen molar-refractivity contribution in [2.24, 2.45) is 0 Å². The highest BCUT2D eigenvalue weighted by Gasteiger charge is 2.32. The molecule has 0 radical (unpaired) electrons. The Morgan fingerprint density at radius 3 is 2.68 bits per heavy atom. The molecule has 1 aromatic heterocycles. The molecule has 1 amide bonds. The van der Waals surface area contributed by atoms with Gasteiger partial charge >= 0.3 is 0 Å². The van der Waals surface area contributed by atoms with Crippen LogP contribution in [0.4, 0.5) is 0 Å². The first-order valence-electron chi connectivity index (χ1n) is 6.51. The average Bonchev–Trinajstić information content (AvgIpc) is 3.03. The van der Waals surface area contributed by atoms with Crippen molar-refractivity contribution in [1.82, 2.24) is 15.1 Å². The van der Waals surface area contributed by atoms with Crippen molar-refractivity contribution >= 4 is 21.8 Å². The zero-order valence-electron chi connectivity index (χ0n) is 11.7. The van der Waals surface area contributed by atoms with Crippen molar-refractivity contribution < 1.29 is 4.79 Å². The normalized spacial score (nSPS) is 15.4. The lowest BCUT2D eigenvalue weighted by molar-refractivity contribution is 0.0951. The molecular weight excluding hydrogens is 306 g/mol. The molecule has 2 rings (SSSR count). The van der Waals surface area contributed by atoms with E-state index in [1.165, 1.54) is 18.5 Å². The average molecular weight is 326 g/mol. The van der Waals surface area contributed by atoms with Gasteiger partial charge in [0.15, 0.2) is 0 Å². The minimum Gasteiger partial charge on any atom is -0.346 e. The fraction of sp³-hybridized carbons (Fsp3) is 0.571. The van der Waals surface area contributed by atoms with E-state index in [0.717, 1.165) is 4.48 Å². The summed E-state index contributed by atoms with van der Waals surface area (Å²) in [7, 11) is 0. The first kappa shape index (κ1) is 14.3. The van der Waals surface area contributed by atoms with Gasteiger partial charge in [0.05, 0.1) is 5.54 Å². The van der Waals surface area contributed by atoms with Gasteiger partial charge in [-0.2, -0.15) is 5.10 Å². The minimum absolute atomic E-state index is 0.102. The maximum Gasteiger partial charge on any atom is 0.272 e. The Kier molecular flexibility index (Phi) is 3.85. The summed E-state index contributed by atoms with van der Waals surface area (Å²) in [4.78, 5) is 12.0. The summed E-state index contributed by atoms with van der Waals surface area (Å²) < 4.78 is 2.74. The quantitative estimate of drug-likeness (QED) is 0.924. The molecule has 1 fully saturated rings. The molecular formula is C14H20BrN3O. The van der Waals surface area contributed by atoms with Crippen molar-refractivity contribution in [2.45, 2.75) is 45.1 Å². The molecule has 1 aliphatic carbocycles. The van der Waals surface area contributed by atoms with Crippen molar-refractivity contribution in [1.29, 1.82) is 0 Å². The molecule has 1 aliphatic rings. The highest BCUT2D eigenvalue weighted by Crippen LogP contribution is 2.41. The molecule has 0 spiro atoms. The molecule has 0 aromatic carbocycles. The molecule has 1 heterocycles. The number of rotatable bonds is 4. The van der Waals surface area contributed by atoms with E-state index in [9.17, 15) is 4.79 Å². The van der Waals surface area contributed by atoms with Gasteiger partial charge in [-0.1, -0.05) is 22.5 Å². The lowest BCUT2D eigenvalue weighted by atomic mass is 10.1. The Bertz CT molecular complexity index is 509. The van der Waals surface area contributed by atoms with Crippen LogP contribution in [0.5, 0.6) is 0 Å². The number of nitrogens with one attached hydrogen (secondary N) is 1. The van der Waals surface area contributed by atoms with E-state index in [-0.39, 0.29) is 11.4 Å². The molecule has 0 aliphatic heterocycles. The Balaban J connectivity index is 2.22. The molecule has 1 aromatic rings. The lowest BCUT2D eigenvalue weighted by Crippen LogP contribution is -2.27. The summed E-state index contributed by atoms with van der Waals surface area (Å²) in [5.74, 6) is 0.421. The Labute approximate surface area is 122 Å². The van der Waals surface area contributed by atoms with Gasteiger partial charge in [-0.05, 0) is 39.7 Å². The topological polar surface area (TPSA) is 46.9 Å². The van der Waals surface area contributed by atoms with Crippen LogP contribution in [0.3, 0.4) is 0 Å². The van der Waals surface area contributed by atoms with Crippen molar-refractivity contribution in [3.8, 4) is 0 Å². The highest BCUT2D eigenvalue weighted by atomic mass is 79.9. The first-order valence-corrected chi connectivity index (χ1v) is 7.30. The van der Waals surface area contributed by atoms with Crippen molar-refractivity contribution in [3.05, 3.63) is 28.5 Å². The molecule has 5 heteroatoms. The lowest BCUT2D eigenvalue weighted by Gasteiger charge is -2.22. The third-order valence-electron chi connectivity index (χ3n) is 3.04. The highest BCUT2D eigenvalue weighted by molar-refractivity contribution is 9.11. The zero-order valence-corrected chi connectivity index (χ0v) is 13.2. The number of halogens is 1. The number of amides is 1. The van der Waals surface area contributed by atoms with Crippen LogP contribution in [0.15, 0.2) is 17.1 Å². The van der Waals surface area contributed by atoms with Gasteiger partial charge in [0.25, 0.3) is 5.91 Å². The minimum atomic E-state index is -0.148. The van der Waals surface area contributed by atoms with Gasteiger partial charge in [-0.3, -0.25) is 9.48 Å². The van der Waals surface area contributed by atoms with E-state index in [1.807, 2.05) is 10.7 Å². The van der Waals surface area contributed by atoms with Gasteiger partial charge in [0.2, 0.25) is 0 Å². The number of hydrogen-bond donors (Lipinski definition) is 1. The van der Waals surface area contributed by atoms with Crippen LogP contribution < -0.4 is 5.32 Å². The number of nitrogens with zero attached hydrogens (tertiary/aromatic N) is 2. The number of carbonyl (C=O) groups excluding carboxylic acids is 1. The number of hydrogen-bond acceptors (Lipinski definition) is 2. The van der Waals surface area contributed by atoms with Crippen LogP contribution in [-0.4, -0.2) is 22.2 Å². The van der Waals surface area contributed by atoms with Crippen LogP contribution in [0.1, 0.15) is 55.7 Å². The van der Waals surface area contributed by atoms with Gasteiger partial charge in [0, 0.05) is 22.6 Å². The second-order valence-electron chi connectivity index (χ2n) is 6.01. The van der Waals surface area contributed by atoms with E-state index in [0.29, 0.717) is 18.2 Å². The molecule has 1 saturated carbocycles. The second kappa shape index (κ2) is 5.12. The monoisotopic (exact) mass is 325 g/mol. The molecule has 0 bridgehead atoms. The molecule has 0 atom stereocenters. The summed E-state index contributed by atoms with van der Waals surface area (Å²) in [5, 5.41) is 7.27. The maximum absolute atomic E-state index is 12.0. The van der Waals surface area contributed by atoms with E-state index in [4.69, 9.17) is 0 Å². The molecule has 0 unspecified atom stereocenters. The Morgan fingerprint density at radius 2 is 2.21 bits per heavy atom. The summed E-state index contributed by atoms with van der Waals surface area (Å²) in [6.45, 7) is 10.4. The fourth-order valence-corrected chi connectivity index (χ4v) is 2.12. The van der Waals surface area contributed by atoms with E-state index in [2.05, 4.69) is 53.7 Å². The summed E-state index contributed by atoms with van der Waals surface area (Å²) in [6.07, 6.45) is 2.39. The molecule has 19 heavy (non-hydrogen) atoms. The van der Waals surface area contributed by atoms with Gasteiger partial charge < -0.3 is 5.32 Å². The summed E-state index contributed by atoms with van der Waals surface area (Å²) >= 11 is 3.23. The predicted octanol–water partition coefficient (Wildman–Crippen LogP) is 3.15. The van der Waals surface area contributed by atoms with Gasteiger partial charge in [0.1, 0.15) is 5.69 Å². The van der Waals surface area contributed by atoms with Crippen molar-refractivity contribution in [3.63, 3.8) is 0 Å². The predicted molar refractivity (Wildman–Crippen MR) is 79.6 cm³/mol. The molecule has 4 nitrogen and oxygen atoms in total. The molecule has 1 N–H and O–H groups in total. The SMILES string of the molecule is C=C(Br)CNC(=O)c1cc(C2CC2)n(C(C)(C)C)n1. The second-order valence-corrected chi connectivity index (χ2v) is 7.13. The maximum atomic E-state index is 12.0. The van der Waals surface area contributed by atoms with Crippen LogP contribution >= 0.6 is 15.9 Å². The first-order chi connectivity index (χ1) is 8.79. The van der Waals surface area contributed by atoms with Crippen molar-refractivity contribution in [2.75, 3.05) is 6.54 Å². The third-order valence-corrected chi connectivity index (χ3v) is 3.32. The summed E-state index contributed by atoms with van der Waals surface area (Å²) in [6, 6.07) is 1.93. The van der Waals surface area contributed by atoms with Crippen LogP contribution in [-0.2, 0) is 5.54 Å². The van der Waals surface area contributed by atoms with E-state index >= 15 is 0 Å². The standard InChI is InChI=1S/C14H20BrN3O/c1-9(15)8-16-13(19)11-7-12(10-5-6-10)18(17-11)14(2,3)4/h7,10H,1,5-6,8H2,2-4H3,(H,16,19). The smallest absolute Gasteiger partial charge is 0.272 e. The number of aromatic nitrogens is 2. The van der Waals surface area contributed by atoms with E-state index < -0.39 is 0 Å². The zero-order chi connectivity index (χ0) is 14.2. The van der Waals surface area contributed by atoms with E-state index in [1.54, 1.807) is 0 Å².